The van der Waals surface area contributed by atoms with Crippen LogP contribution >= 0.6 is 22.7 Å². The van der Waals surface area contributed by atoms with Gasteiger partial charge in [-0.3, -0.25) is 0 Å². The summed E-state index contributed by atoms with van der Waals surface area (Å²) in [5, 5.41) is 6.79. The SMILES string of the molecule is CCN(Cc1cccs1)c1nc(C)c(CNCC(C)C)s1. The van der Waals surface area contributed by atoms with Crippen molar-refractivity contribution >= 4 is 27.8 Å². The van der Waals surface area contributed by atoms with Crippen LogP contribution < -0.4 is 10.2 Å². The average molecular weight is 324 g/mol. The van der Waals surface area contributed by atoms with Crippen molar-refractivity contribution in [1.82, 2.24) is 10.3 Å². The molecule has 0 aliphatic carbocycles. The van der Waals surface area contributed by atoms with Crippen molar-refractivity contribution in [2.75, 3.05) is 18.0 Å². The number of thiophene rings is 1. The average Bonchev–Trinajstić information content (AvgIpc) is 3.06. The smallest absolute Gasteiger partial charge is 0.186 e. The van der Waals surface area contributed by atoms with Gasteiger partial charge in [-0.15, -0.1) is 22.7 Å². The van der Waals surface area contributed by atoms with E-state index in [1.165, 1.54) is 9.75 Å². The zero-order valence-corrected chi connectivity index (χ0v) is 15.0. The lowest BCUT2D eigenvalue weighted by Crippen LogP contribution is -2.21. The van der Waals surface area contributed by atoms with Crippen molar-refractivity contribution in [3.8, 4) is 0 Å². The first-order valence-electron chi connectivity index (χ1n) is 7.54. The van der Waals surface area contributed by atoms with Gasteiger partial charge in [0.2, 0.25) is 0 Å². The van der Waals surface area contributed by atoms with Crippen LogP contribution in [0.2, 0.25) is 0 Å². The molecule has 0 saturated heterocycles. The number of aromatic nitrogens is 1. The summed E-state index contributed by atoms with van der Waals surface area (Å²) in [5.74, 6) is 0.684. The summed E-state index contributed by atoms with van der Waals surface area (Å²) in [6, 6.07) is 4.31. The first-order valence-corrected chi connectivity index (χ1v) is 9.24. The van der Waals surface area contributed by atoms with E-state index in [0.717, 1.165) is 37.0 Å². The summed E-state index contributed by atoms with van der Waals surface area (Å²) < 4.78 is 0. The summed E-state index contributed by atoms with van der Waals surface area (Å²) in [4.78, 5) is 9.88. The highest BCUT2D eigenvalue weighted by Gasteiger charge is 2.13. The summed E-state index contributed by atoms with van der Waals surface area (Å²) >= 11 is 3.63. The Morgan fingerprint density at radius 3 is 2.81 bits per heavy atom. The van der Waals surface area contributed by atoms with E-state index in [1.807, 2.05) is 22.7 Å². The van der Waals surface area contributed by atoms with Crippen LogP contribution in [0.15, 0.2) is 17.5 Å². The quantitative estimate of drug-likeness (QED) is 0.785. The van der Waals surface area contributed by atoms with Gasteiger partial charge in [0.1, 0.15) is 0 Å². The molecule has 5 heteroatoms. The fraction of sp³-hybridized carbons (Fsp3) is 0.562. The summed E-state index contributed by atoms with van der Waals surface area (Å²) in [6.45, 7) is 12.7. The maximum absolute atomic E-state index is 4.77. The summed E-state index contributed by atoms with van der Waals surface area (Å²) in [7, 11) is 0. The Morgan fingerprint density at radius 1 is 1.38 bits per heavy atom. The Hall–Kier alpha value is -0.910. The zero-order valence-electron chi connectivity index (χ0n) is 13.3. The van der Waals surface area contributed by atoms with Gasteiger partial charge >= 0.3 is 0 Å². The molecule has 0 radical (unpaired) electrons. The molecule has 0 atom stereocenters. The number of rotatable bonds is 8. The molecule has 21 heavy (non-hydrogen) atoms. The van der Waals surface area contributed by atoms with Gasteiger partial charge in [0.05, 0.1) is 12.2 Å². The largest absolute Gasteiger partial charge is 0.343 e. The van der Waals surface area contributed by atoms with E-state index in [9.17, 15) is 0 Å². The van der Waals surface area contributed by atoms with Crippen molar-refractivity contribution in [3.05, 3.63) is 33.0 Å². The molecule has 0 amide bonds. The molecule has 0 saturated carbocycles. The molecule has 2 aromatic rings. The molecular formula is C16H25N3S2. The molecule has 0 aromatic carbocycles. The van der Waals surface area contributed by atoms with Gasteiger partial charge in [-0.05, 0) is 37.8 Å². The number of nitrogens with zero attached hydrogens (tertiary/aromatic N) is 2. The summed E-state index contributed by atoms with van der Waals surface area (Å²) in [6.07, 6.45) is 0. The second kappa shape index (κ2) is 7.92. The van der Waals surface area contributed by atoms with Crippen LogP contribution in [0, 0.1) is 12.8 Å². The minimum Gasteiger partial charge on any atom is -0.343 e. The molecular weight excluding hydrogens is 298 g/mol. The summed E-state index contributed by atoms with van der Waals surface area (Å²) in [5.41, 5.74) is 1.16. The molecule has 0 unspecified atom stereocenters. The van der Waals surface area contributed by atoms with Crippen LogP contribution in [0.25, 0.3) is 0 Å². The third-order valence-electron chi connectivity index (χ3n) is 3.30. The van der Waals surface area contributed by atoms with E-state index >= 15 is 0 Å². The number of hydrogen-bond donors (Lipinski definition) is 1. The highest BCUT2D eigenvalue weighted by Crippen LogP contribution is 2.27. The fourth-order valence-corrected chi connectivity index (χ4v) is 3.90. The van der Waals surface area contributed by atoms with Crippen molar-refractivity contribution < 1.29 is 0 Å². The van der Waals surface area contributed by atoms with Gasteiger partial charge < -0.3 is 10.2 Å². The van der Waals surface area contributed by atoms with E-state index < -0.39 is 0 Å². The van der Waals surface area contributed by atoms with Gasteiger partial charge in [0.25, 0.3) is 0 Å². The lowest BCUT2D eigenvalue weighted by molar-refractivity contribution is 0.554. The Kier molecular flexibility index (Phi) is 6.21. The molecule has 1 N–H and O–H groups in total. The number of hydrogen-bond acceptors (Lipinski definition) is 5. The van der Waals surface area contributed by atoms with E-state index in [-0.39, 0.29) is 0 Å². The second-order valence-electron chi connectivity index (χ2n) is 5.62. The van der Waals surface area contributed by atoms with Crippen molar-refractivity contribution in [2.45, 2.75) is 40.8 Å². The Bertz CT molecular complexity index is 532. The lowest BCUT2D eigenvalue weighted by atomic mass is 10.2. The molecule has 116 valence electrons. The standard InChI is InChI=1S/C16H25N3S2/c1-5-19(11-14-7-6-8-20-14)16-18-13(4)15(21-16)10-17-9-12(2)3/h6-8,12,17H,5,9-11H2,1-4H3. The lowest BCUT2D eigenvalue weighted by Gasteiger charge is -2.18. The predicted octanol–water partition coefficient (Wildman–Crippen LogP) is 4.29. The van der Waals surface area contributed by atoms with E-state index in [2.05, 4.69) is 55.4 Å². The maximum atomic E-state index is 4.77. The minimum absolute atomic E-state index is 0.684. The van der Waals surface area contributed by atoms with Gasteiger partial charge in [-0.25, -0.2) is 4.98 Å². The van der Waals surface area contributed by atoms with E-state index in [0.29, 0.717) is 5.92 Å². The van der Waals surface area contributed by atoms with Gasteiger partial charge in [0, 0.05) is 22.8 Å². The van der Waals surface area contributed by atoms with Crippen LogP contribution in [0.4, 0.5) is 5.13 Å². The third kappa shape index (κ3) is 4.80. The maximum Gasteiger partial charge on any atom is 0.186 e. The van der Waals surface area contributed by atoms with Crippen LogP contribution in [0.1, 0.15) is 36.2 Å². The van der Waals surface area contributed by atoms with Crippen molar-refractivity contribution in [3.63, 3.8) is 0 Å². The van der Waals surface area contributed by atoms with E-state index in [4.69, 9.17) is 4.98 Å². The number of nitrogens with one attached hydrogen (secondary N) is 1. The van der Waals surface area contributed by atoms with Crippen LogP contribution in [0.5, 0.6) is 0 Å². The first kappa shape index (κ1) is 16.5. The van der Waals surface area contributed by atoms with Crippen LogP contribution in [-0.2, 0) is 13.1 Å². The van der Waals surface area contributed by atoms with Gasteiger partial charge in [-0.2, -0.15) is 0 Å². The van der Waals surface area contributed by atoms with Gasteiger partial charge in [-0.1, -0.05) is 19.9 Å². The fourth-order valence-electron chi connectivity index (χ4n) is 2.09. The number of thiazole rings is 1. The third-order valence-corrected chi connectivity index (χ3v) is 5.38. The molecule has 2 heterocycles. The van der Waals surface area contributed by atoms with Crippen LogP contribution in [0.3, 0.4) is 0 Å². The topological polar surface area (TPSA) is 28.2 Å². The number of anilines is 1. The van der Waals surface area contributed by atoms with Crippen LogP contribution in [-0.4, -0.2) is 18.1 Å². The Morgan fingerprint density at radius 2 is 2.19 bits per heavy atom. The minimum atomic E-state index is 0.684. The van der Waals surface area contributed by atoms with Gasteiger partial charge in [0.15, 0.2) is 5.13 Å². The number of aryl methyl sites for hydroxylation is 1. The Balaban J connectivity index is 2.01. The normalized spacial score (nSPS) is 11.3. The predicted molar refractivity (Wildman–Crippen MR) is 94.4 cm³/mol. The van der Waals surface area contributed by atoms with E-state index in [1.54, 1.807) is 0 Å². The molecule has 2 aromatic heterocycles. The molecule has 3 nitrogen and oxygen atoms in total. The molecule has 0 fully saturated rings. The molecule has 0 spiro atoms. The highest BCUT2D eigenvalue weighted by molar-refractivity contribution is 7.15. The first-order chi connectivity index (χ1) is 10.1. The highest BCUT2D eigenvalue weighted by atomic mass is 32.1. The Labute approximate surface area is 136 Å². The van der Waals surface area contributed by atoms with Crippen molar-refractivity contribution in [2.24, 2.45) is 5.92 Å². The molecule has 0 aliphatic rings. The zero-order chi connectivity index (χ0) is 15.2. The molecule has 2 rings (SSSR count). The molecule has 0 bridgehead atoms. The van der Waals surface area contributed by atoms with Crippen molar-refractivity contribution in [1.29, 1.82) is 0 Å². The molecule has 0 aliphatic heterocycles. The second-order valence-corrected chi connectivity index (χ2v) is 7.72. The monoisotopic (exact) mass is 323 g/mol.